The van der Waals surface area contributed by atoms with Gasteiger partial charge in [-0.2, -0.15) is 0 Å². The zero-order chi connectivity index (χ0) is 35.7. The van der Waals surface area contributed by atoms with Gasteiger partial charge >= 0.3 is 0 Å². The molecule has 0 aromatic heterocycles. The van der Waals surface area contributed by atoms with E-state index in [1.165, 1.54) is 43.2 Å². The van der Waals surface area contributed by atoms with Crippen LogP contribution in [0.1, 0.15) is 37.0 Å². The van der Waals surface area contributed by atoms with E-state index in [1.54, 1.807) is 36.4 Å². The number of benzene rings is 4. The third-order valence-corrected chi connectivity index (χ3v) is 10.1. The van der Waals surface area contributed by atoms with Crippen LogP contribution in [0.4, 0.5) is 11.4 Å². The molecular weight excluding hydrogens is 668 g/mol. The van der Waals surface area contributed by atoms with Gasteiger partial charge in [-0.25, -0.2) is 8.42 Å². The topological polar surface area (TPSA) is 139 Å². The van der Waals surface area contributed by atoms with Gasteiger partial charge in [-0.1, -0.05) is 67.1 Å². The Morgan fingerprint density at radius 1 is 0.959 bits per heavy atom. The molecular formula is C36H39ClN4O7S. The highest BCUT2D eigenvalue weighted by Gasteiger charge is 2.35. The van der Waals surface area contributed by atoms with E-state index in [0.717, 1.165) is 15.9 Å². The number of ether oxygens (including phenoxy) is 1. The van der Waals surface area contributed by atoms with Crippen molar-refractivity contribution < 1.29 is 27.7 Å². The number of hydrogen-bond donors (Lipinski definition) is 1. The second-order valence-electron chi connectivity index (χ2n) is 11.6. The summed E-state index contributed by atoms with van der Waals surface area (Å²) in [5, 5.41) is 15.2. The Morgan fingerprint density at radius 2 is 1.63 bits per heavy atom. The number of nitrogens with one attached hydrogen (secondary N) is 1. The fraction of sp³-hybridized carbons (Fsp3) is 0.278. The van der Waals surface area contributed by atoms with Crippen LogP contribution in [0.5, 0.6) is 5.75 Å². The number of sulfonamides is 1. The van der Waals surface area contributed by atoms with E-state index in [9.17, 15) is 28.1 Å². The molecule has 4 rings (SSSR count). The lowest BCUT2D eigenvalue weighted by molar-refractivity contribution is -0.385. The molecule has 11 nitrogen and oxygen atoms in total. The Balaban J connectivity index is 1.85. The van der Waals surface area contributed by atoms with E-state index in [1.807, 2.05) is 44.2 Å². The van der Waals surface area contributed by atoms with Crippen molar-refractivity contribution in [3.05, 3.63) is 129 Å². The number of methoxy groups -OCH3 is 1. The zero-order valence-corrected chi connectivity index (χ0v) is 29.3. The van der Waals surface area contributed by atoms with Gasteiger partial charge in [0.15, 0.2) is 0 Å². The van der Waals surface area contributed by atoms with Gasteiger partial charge in [0.2, 0.25) is 11.8 Å². The number of anilines is 1. The maximum atomic E-state index is 14.6. The van der Waals surface area contributed by atoms with Gasteiger partial charge < -0.3 is 15.0 Å². The minimum absolute atomic E-state index is 0.0582. The van der Waals surface area contributed by atoms with Gasteiger partial charge in [0.1, 0.15) is 18.3 Å². The smallest absolute Gasteiger partial charge is 0.273 e. The highest BCUT2D eigenvalue weighted by Crippen LogP contribution is 2.30. The summed E-state index contributed by atoms with van der Waals surface area (Å²) in [4.78, 5) is 40.6. The van der Waals surface area contributed by atoms with E-state index >= 15 is 0 Å². The Bertz CT molecular complexity index is 1890. The number of halogens is 1. The van der Waals surface area contributed by atoms with E-state index in [-0.39, 0.29) is 40.8 Å². The number of nitrogens with zero attached hydrogens (tertiary/aromatic N) is 3. The van der Waals surface area contributed by atoms with E-state index in [2.05, 4.69) is 5.32 Å². The average molecular weight is 707 g/mol. The van der Waals surface area contributed by atoms with Crippen molar-refractivity contribution in [2.24, 2.45) is 0 Å². The van der Waals surface area contributed by atoms with Gasteiger partial charge in [-0.3, -0.25) is 24.0 Å². The molecule has 0 heterocycles. The number of amides is 2. The second kappa shape index (κ2) is 16.4. The molecule has 0 bridgehead atoms. The maximum absolute atomic E-state index is 14.6. The molecule has 0 aliphatic carbocycles. The summed E-state index contributed by atoms with van der Waals surface area (Å²) in [5.41, 5.74) is 1.43. The largest absolute Gasteiger partial charge is 0.497 e. The van der Waals surface area contributed by atoms with Crippen molar-refractivity contribution >= 4 is 44.8 Å². The molecule has 49 heavy (non-hydrogen) atoms. The predicted octanol–water partition coefficient (Wildman–Crippen LogP) is 6.32. The fourth-order valence-corrected chi connectivity index (χ4v) is 6.83. The third-order valence-electron chi connectivity index (χ3n) is 8.12. The number of carbonyl (C=O) groups excluding carboxylic acids is 2. The van der Waals surface area contributed by atoms with Crippen molar-refractivity contribution in [2.75, 3.05) is 18.0 Å². The Kier molecular flexibility index (Phi) is 12.4. The normalized spacial score (nSPS) is 12.4. The fourth-order valence-electron chi connectivity index (χ4n) is 5.18. The third kappa shape index (κ3) is 9.36. The minimum Gasteiger partial charge on any atom is -0.497 e. The summed E-state index contributed by atoms with van der Waals surface area (Å²) in [6.07, 6.45) is 0.799. The molecule has 1 N–H and O–H groups in total. The van der Waals surface area contributed by atoms with Crippen LogP contribution in [0.15, 0.2) is 102 Å². The minimum atomic E-state index is -4.56. The first kappa shape index (κ1) is 36.9. The number of aryl methyl sites for hydroxylation is 1. The van der Waals surface area contributed by atoms with Crippen molar-refractivity contribution in [3.8, 4) is 5.75 Å². The first-order valence-corrected chi connectivity index (χ1v) is 17.5. The lowest BCUT2D eigenvalue weighted by Crippen LogP contribution is -2.54. The molecule has 0 fully saturated rings. The van der Waals surface area contributed by atoms with Crippen LogP contribution in [0.25, 0.3) is 0 Å². The molecule has 258 valence electrons. The predicted molar refractivity (Wildman–Crippen MR) is 189 cm³/mol. The summed E-state index contributed by atoms with van der Waals surface area (Å²) in [6.45, 7) is 4.51. The lowest BCUT2D eigenvalue weighted by atomic mass is 10.0. The molecule has 0 radical (unpaired) electrons. The first-order chi connectivity index (χ1) is 23.3. The SMILES string of the molecule is CCC(C)NC(=O)C(Cc1ccccc1)N(Cc1cccc(Cl)c1)C(=O)CN(c1ccc(OC)cc1)S(=O)(=O)c1ccc(C)c([N+](=O)[O-])c1. The van der Waals surface area contributed by atoms with Crippen LogP contribution in [0.3, 0.4) is 0 Å². The molecule has 0 spiro atoms. The quantitative estimate of drug-likeness (QED) is 0.113. The standard InChI is InChI=1S/C36H39ClN4O7S/c1-5-26(3)38-36(43)34(21-27-10-7-6-8-11-27)39(23-28-12-9-13-29(37)20-28)35(42)24-40(30-15-17-31(48-4)18-16-30)49(46,47)32-19-14-25(2)33(22-32)41(44)45/h6-20,22,26,34H,5,21,23-24H2,1-4H3,(H,38,43). The van der Waals surface area contributed by atoms with Gasteiger partial charge in [0.25, 0.3) is 15.7 Å². The highest BCUT2D eigenvalue weighted by molar-refractivity contribution is 7.92. The maximum Gasteiger partial charge on any atom is 0.273 e. The van der Waals surface area contributed by atoms with Crippen molar-refractivity contribution in [2.45, 2.75) is 57.1 Å². The van der Waals surface area contributed by atoms with E-state index < -0.39 is 39.3 Å². The summed E-state index contributed by atoms with van der Waals surface area (Å²) in [5.74, 6) is -0.631. The average Bonchev–Trinajstić information content (AvgIpc) is 3.09. The molecule has 2 unspecified atom stereocenters. The van der Waals surface area contributed by atoms with Gasteiger partial charge in [0, 0.05) is 35.7 Å². The first-order valence-electron chi connectivity index (χ1n) is 15.6. The molecule has 4 aromatic carbocycles. The molecule has 13 heteroatoms. The van der Waals surface area contributed by atoms with Crippen molar-refractivity contribution in [1.82, 2.24) is 10.2 Å². The van der Waals surface area contributed by atoms with E-state index in [4.69, 9.17) is 16.3 Å². The molecule has 0 aliphatic heterocycles. The van der Waals surface area contributed by atoms with Crippen LogP contribution < -0.4 is 14.4 Å². The molecule has 0 aliphatic rings. The summed E-state index contributed by atoms with van der Waals surface area (Å²) in [7, 11) is -3.10. The van der Waals surface area contributed by atoms with Crippen molar-refractivity contribution in [1.29, 1.82) is 0 Å². The Hall–Kier alpha value is -4.94. The molecule has 2 atom stereocenters. The van der Waals surface area contributed by atoms with Gasteiger partial charge in [-0.15, -0.1) is 0 Å². The number of nitro groups is 1. The number of hydrogen-bond acceptors (Lipinski definition) is 7. The van der Waals surface area contributed by atoms with Crippen LogP contribution in [0, 0.1) is 17.0 Å². The molecule has 0 saturated carbocycles. The van der Waals surface area contributed by atoms with Crippen LogP contribution in [-0.2, 0) is 32.6 Å². The van der Waals surface area contributed by atoms with Crippen LogP contribution in [0.2, 0.25) is 5.02 Å². The Morgan fingerprint density at radius 3 is 2.24 bits per heavy atom. The zero-order valence-electron chi connectivity index (χ0n) is 27.7. The molecule has 4 aromatic rings. The number of rotatable bonds is 15. The highest BCUT2D eigenvalue weighted by atomic mass is 35.5. The number of carbonyl (C=O) groups is 2. The number of nitro benzene ring substituents is 1. The van der Waals surface area contributed by atoms with Crippen LogP contribution in [-0.4, -0.2) is 55.8 Å². The van der Waals surface area contributed by atoms with Gasteiger partial charge in [-0.05, 0) is 73.9 Å². The van der Waals surface area contributed by atoms with Crippen LogP contribution >= 0.6 is 11.6 Å². The second-order valence-corrected chi connectivity index (χ2v) is 13.9. The van der Waals surface area contributed by atoms with Gasteiger partial charge in [0.05, 0.1) is 22.6 Å². The molecule has 0 saturated heterocycles. The summed E-state index contributed by atoms with van der Waals surface area (Å²) < 4.78 is 34.8. The van der Waals surface area contributed by atoms with E-state index in [0.29, 0.717) is 22.8 Å². The summed E-state index contributed by atoms with van der Waals surface area (Å²) >= 11 is 6.30. The van der Waals surface area contributed by atoms with Crippen molar-refractivity contribution in [3.63, 3.8) is 0 Å². The summed E-state index contributed by atoms with van der Waals surface area (Å²) in [6, 6.07) is 24.5. The lowest BCUT2D eigenvalue weighted by Gasteiger charge is -2.34. The Labute approximate surface area is 291 Å². The molecule has 2 amide bonds. The monoisotopic (exact) mass is 706 g/mol.